The van der Waals surface area contributed by atoms with Crippen LogP contribution in [-0.4, -0.2) is 56.2 Å². The lowest BCUT2D eigenvalue weighted by Gasteiger charge is -2.37. The highest BCUT2D eigenvalue weighted by Crippen LogP contribution is 2.47. The van der Waals surface area contributed by atoms with E-state index in [9.17, 15) is 4.79 Å². The van der Waals surface area contributed by atoms with Crippen LogP contribution >= 0.6 is 8.58 Å². The number of nitrogens with zero attached hydrogens (tertiary/aromatic N) is 5. The molecule has 3 aliphatic heterocycles. The molecule has 2 unspecified atom stereocenters. The Balaban J connectivity index is 1.48. The molecule has 3 aliphatic rings. The molecule has 5 heterocycles. The van der Waals surface area contributed by atoms with Crippen molar-refractivity contribution in [2.75, 3.05) is 20.1 Å². The molecule has 0 radical (unpaired) electrons. The van der Waals surface area contributed by atoms with Crippen molar-refractivity contribution >= 4 is 25.3 Å². The number of allylic oxidation sites excluding steroid dienone is 2. The van der Waals surface area contributed by atoms with Gasteiger partial charge in [-0.2, -0.15) is 5.10 Å². The van der Waals surface area contributed by atoms with Gasteiger partial charge in [0.1, 0.15) is 0 Å². The van der Waals surface area contributed by atoms with Crippen molar-refractivity contribution in [3.8, 4) is 0 Å². The van der Waals surface area contributed by atoms with Crippen LogP contribution in [0, 0.1) is 13.8 Å². The third-order valence-corrected chi connectivity index (χ3v) is 7.72. The van der Waals surface area contributed by atoms with Crippen LogP contribution in [0.25, 0.3) is 10.8 Å². The van der Waals surface area contributed by atoms with Crippen molar-refractivity contribution < 1.29 is 4.79 Å². The Bertz CT molecular complexity index is 1190. The van der Waals surface area contributed by atoms with E-state index in [0.717, 1.165) is 47.4 Å². The Morgan fingerprint density at radius 1 is 1.20 bits per heavy atom. The number of carbonyl (C=O) groups is 1. The maximum atomic E-state index is 13.1. The van der Waals surface area contributed by atoms with E-state index in [1.54, 1.807) is 6.08 Å². The monoisotopic (exact) mass is 419 g/mol. The minimum Gasteiger partial charge on any atom is -0.304 e. The van der Waals surface area contributed by atoms with Gasteiger partial charge in [0.2, 0.25) is 0 Å². The summed E-state index contributed by atoms with van der Waals surface area (Å²) in [4.78, 5) is 21.8. The van der Waals surface area contributed by atoms with Crippen LogP contribution in [0.1, 0.15) is 30.4 Å². The first-order valence-electron chi connectivity index (χ1n) is 10.3. The maximum Gasteiger partial charge on any atom is 0.252 e. The van der Waals surface area contributed by atoms with Crippen molar-refractivity contribution in [2.24, 2.45) is 0 Å². The fourth-order valence-electron chi connectivity index (χ4n) is 4.35. The van der Waals surface area contributed by atoms with Crippen molar-refractivity contribution in [3.63, 3.8) is 0 Å². The summed E-state index contributed by atoms with van der Waals surface area (Å²) in [5, 5.41) is 5.77. The lowest BCUT2D eigenvalue weighted by Crippen LogP contribution is -2.38. The zero-order chi connectivity index (χ0) is 21.0. The van der Waals surface area contributed by atoms with E-state index in [2.05, 4.69) is 48.3 Å². The molecule has 0 saturated carbocycles. The van der Waals surface area contributed by atoms with Gasteiger partial charge < -0.3 is 9.80 Å². The molecule has 7 heteroatoms. The molecule has 0 fully saturated rings. The number of hydrogen-bond donors (Lipinski definition) is 0. The molecular weight excluding hydrogens is 393 g/mol. The van der Waals surface area contributed by atoms with Gasteiger partial charge in [-0.3, -0.25) is 9.78 Å². The molecule has 6 nitrogen and oxygen atoms in total. The van der Waals surface area contributed by atoms with Gasteiger partial charge in [-0.1, -0.05) is 20.7 Å². The molecule has 0 saturated heterocycles. The molecule has 30 heavy (non-hydrogen) atoms. The summed E-state index contributed by atoms with van der Waals surface area (Å²) in [5.74, 6) is 0.120. The normalized spacial score (nSPS) is 23.3. The number of rotatable bonds is 2. The smallest absolute Gasteiger partial charge is 0.252 e. The second kappa shape index (κ2) is 7.29. The van der Waals surface area contributed by atoms with Crippen LogP contribution in [0.2, 0.25) is 0 Å². The number of carbonyl (C=O) groups excluding carboxylic acids is 1. The summed E-state index contributed by atoms with van der Waals surface area (Å²) in [6, 6.07) is 2.05. The molecule has 2 aromatic heterocycles. The summed E-state index contributed by atoms with van der Waals surface area (Å²) in [7, 11) is 2.61. The average molecular weight is 419 g/mol. The highest BCUT2D eigenvalue weighted by atomic mass is 31.1. The van der Waals surface area contributed by atoms with Gasteiger partial charge in [-0.05, 0) is 57.0 Å². The quantitative estimate of drug-likeness (QED) is 0.698. The predicted octanol–water partition coefficient (Wildman–Crippen LogP) is 3.64. The zero-order valence-corrected chi connectivity index (χ0v) is 18.8. The van der Waals surface area contributed by atoms with E-state index in [1.807, 2.05) is 29.5 Å². The molecule has 5 rings (SSSR count). The van der Waals surface area contributed by atoms with Gasteiger partial charge in [0.05, 0.1) is 34.6 Å². The Morgan fingerprint density at radius 3 is 2.80 bits per heavy atom. The van der Waals surface area contributed by atoms with Gasteiger partial charge in [0.25, 0.3) is 5.91 Å². The van der Waals surface area contributed by atoms with Gasteiger partial charge >= 0.3 is 0 Å². The van der Waals surface area contributed by atoms with Gasteiger partial charge in [0, 0.05) is 30.7 Å². The zero-order valence-electron chi connectivity index (χ0n) is 17.8. The lowest BCUT2D eigenvalue weighted by atomic mass is 9.96. The second-order valence-electron chi connectivity index (χ2n) is 8.39. The van der Waals surface area contributed by atoms with Crippen molar-refractivity contribution in [2.45, 2.75) is 33.0 Å². The maximum absolute atomic E-state index is 13.1. The van der Waals surface area contributed by atoms with Crippen LogP contribution in [0.5, 0.6) is 0 Å². The van der Waals surface area contributed by atoms with Gasteiger partial charge in [-0.15, -0.1) is 0 Å². The molecule has 0 N–H and O–H groups in total. The van der Waals surface area contributed by atoms with Crippen LogP contribution in [0.3, 0.4) is 0 Å². The fraction of sp³-hybridized carbons (Fsp3) is 0.348. The number of fused-ring (bicyclic) bond motifs is 2. The summed E-state index contributed by atoms with van der Waals surface area (Å²) in [6.45, 7) is 8.13. The first-order valence-corrected chi connectivity index (χ1v) is 11.4. The third-order valence-electron chi connectivity index (χ3n) is 6.00. The molecule has 0 bridgehead atoms. The Hall–Kier alpha value is -2.56. The molecular formula is C23H26N5OP. The number of aryl methyl sites for hydroxylation is 2. The molecule has 154 valence electrons. The standard InChI is InChI=1S/C23H26N5OP/c1-14-9-18(17-5-7-26(4)8-6-17)13-27-22(29)11-21(30-23(14)27)19-10-20-16(3)24-15(2)12-28(20)25-19/h5,9-13,23,30H,6-8H2,1-4H3. The molecule has 0 aliphatic carbocycles. The summed E-state index contributed by atoms with van der Waals surface area (Å²) < 4.78 is 1.88. The van der Waals surface area contributed by atoms with E-state index in [0.29, 0.717) is 8.58 Å². The molecule has 2 aromatic rings. The Kier molecular flexibility index (Phi) is 4.72. The SMILES string of the molecule is CC1=CC(C2=CCN(C)CC2)=CN2C(=O)C=C(c3cc4c(C)nc(C)cn4n3)PC12. The van der Waals surface area contributed by atoms with Crippen LogP contribution < -0.4 is 0 Å². The average Bonchev–Trinajstić information content (AvgIpc) is 3.13. The highest BCUT2D eigenvalue weighted by Gasteiger charge is 2.33. The van der Waals surface area contributed by atoms with Gasteiger partial charge in [-0.25, -0.2) is 4.52 Å². The van der Waals surface area contributed by atoms with E-state index >= 15 is 0 Å². The van der Waals surface area contributed by atoms with Crippen LogP contribution in [0.4, 0.5) is 0 Å². The van der Waals surface area contributed by atoms with Crippen molar-refractivity contribution in [1.29, 1.82) is 0 Å². The number of likely N-dealkylation sites (N-methyl/N-ethyl adjacent to an activating group) is 1. The third kappa shape index (κ3) is 3.34. The Labute approximate surface area is 178 Å². The van der Waals surface area contributed by atoms with E-state index in [1.165, 1.54) is 16.7 Å². The molecule has 0 spiro atoms. The highest BCUT2D eigenvalue weighted by molar-refractivity contribution is 7.51. The minimum absolute atomic E-state index is 0.0373. The molecule has 1 amide bonds. The summed E-state index contributed by atoms with van der Waals surface area (Å²) in [6.07, 6.45) is 11.3. The first kappa shape index (κ1) is 19.4. The van der Waals surface area contributed by atoms with Gasteiger partial charge in [0.15, 0.2) is 0 Å². The van der Waals surface area contributed by atoms with E-state index in [-0.39, 0.29) is 11.7 Å². The summed E-state index contributed by atoms with van der Waals surface area (Å²) in [5.41, 5.74) is 7.51. The Morgan fingerprint density at radius 2 is 2.03 bits per heavy atom. The molecule has 0 aromatic carbocycles. The van der Waals surface area contributed by atoms with E-state index < -0.39 is 0 Å². The topological polar surface area (TPSA) is 53.7 Å². The predicted molar refractivity (Wildman–Crippen MR) is 121 cm³/mol. The second-order valence-corrected chi connectivity index (χ2v) is 9.77. The van der Waals surface area contributed by atoms with Crippen LogP contribution in [0.15, 0.2) is 53.4 Å². The molecule has 2 atom stereocenters. The summed E-state index contributed by atoms with van der Waals surface area (Å²) >= 11 is 0. The minimum atomic E-state index is 0.0373. The fourth-order valence-corrected chi connectivity index (χ4v) is 5.77. The number of hydrogen-bond acceptors (Lipinski definition) is 4. The number of aromatic nitrogens is 3. The largest absolute Gasteiger partial charge is 0.304 e. The van der Waals surface area contributed by atoms with E-state index in [4.69, 9.17) is 5.10 Å². The van der Waals surface area contributed by atoms with Crippen LogP contribution in [-0.2, 0) is 4.79 Å². The van der Waals surface area contributed by atoms with Crippen molar-refractivity contribution in [3.05, 3.63) is 70.5 Å². The lowest BCUT2D eigenvalue weighted by molar-refractivity contribution is -0.123. The number of amides is 1. The first-order chi connectivity index (χ1) is 14.4. The van der Waals surface area contributed by atoms with Crippen molar-refractivity contribution in [1.82, 2.24) is 24.4 Å².